The standard InChI is InChI=1S/C23H25N3O7S/c1-3-33-23(29)16-8-11-25(12-9-16)34(30,31)19-13-15(6-7-18(19)32-2)14-26-21(27)17-5-4-10-24-20(17)22(26)28/h4-7,10,13,16H,3,8-9,11-12,14H2,1-2H3. The number of pyridine rings is 1. The van der Waals surface area contributed by atoms with Crippen LogP contribution >= 0.6 is 0 Å². The van der Waals surface area contributed by atoms with Gasteiger partial charge in [0.25, 0.3) is 11.8 Å². The highest BCUT2D eigenvalue weighted by molar-refractivity contribution is 7.89. The average molecular weight is 488 g/mol. The number of hydrogen-bond acceptors (Lipinski definition) is 8. The summed E-state index contributed by atoms with van der Waals surface area (Å²) < 4.78 is 38.5. The van der Waals surface area contributed by atoms with Crippen LogP contribution < -0.4 is 4.74 Å². The fourth-order valence-corrected chi connectivity index (χ4v) is 5.87. The van der Waals surface area contributed by atoms with Crippen LogP contribution in [0.3, 0.4) is 0 Å². The zero-order valence-corrected chi connectivity index (χ0v) is 19.7. The molecule has 0 atom stereocenters. The highest BCUT2D eigenvalue weighted by Gasteiger charge is 2.38. The van der Waals surface area contributed by atoms with Crippen molar-refractivity contribution in [3.63, 3.8) is 0 Å². The monoisotopic (exact) mass is 487 g/mol. The summed E-state index contributed by atoms with van der Waals surface area (Å²) in [6.45, 7) is 2.25. The number of esters is 1. The van der Waals surface area contributed by atoms with E-state index in [1.807, 2.05) is 0 Å². The Morgan fingerprint density at radius 1 is 1.15 bits per heavy atom. The van der Waals surface area contributed by atoms with Gasteiger partial charge < -0.3 is 9.47 Å². The van der Waals surface area contributed by atoms with Crippen LogP contribution in [0.5, 0.6) is 5.75 Å². The van der Waals surface area contributed by atoms with Gasteiger partial charge in [0.2, 0.25) is 10.0 Å². The van der Waals surface area contributed by atoms with Gasteiger partial charge in [0.1, 0.15) is 16.3 Å². The molecule has 11 heteroatoms. The number of carbonyl (C=O) groups excluding carboxylic acids is 3. The molecule has 2 aromatic rings. The summed E-state index contributed by atoms with van der Waals surface area (Å²) in [6.07, 6.45) is 2.17. The van der Waals surface area contributed by atoms with Gasteiger partial charge in [0, 0.05) is 19.3 Å². The molecule has 0 N–H and O–H groups in total. The lowest BCUT2D eigenvalue weighted by molar-refractivity contribution is -0.149. The number of piperidine rings is 1. The molecule has 10 nitrogen and oxygen atoms in total. The van der Waals surface area contributed by atoms with Crippen molar-refractivity contribution >= 4 is 27.8 Å². The van der Waals surface area contributed by atoms with Gasteiger partial charge in [-0.2, -0.15) is 4.31 Å². The number of rotatable bonds is 7. The van der Waals surface area contributed by atoms with E-state index in [-0.39, 0.29) is 60.0 Å². The van der Waals surface area contributed by atoms with E-state index in [4.69, 9.17) is 9.47 Å². The SMILES string of the molecule is CCOC(=O)C1CCN(S(=O)(=O)c2cc(CN3C(=O)c4cccnc4C3=O)ccc2OC)CC1. The van der Waals surface area contributed by atoms with Crippen molar-refractivity contribution in [2.45, 2.75) is 31.2 Å². The molecular weight excluding hydrogens is 462 g/mol. The van der Waals surface area contributed by atoms with E-state index < -0.39 is 21.8 Å². The molecule has 0 saturated carbocycles. The molecule has 34 heavy (non-hydrogen) atoms. The second-order valence-corrected chi connectivity index (χ2v) is 9.92. The van der Waals surface area contributed by atoms with E-state index in [9.17, 15) is 22.8 Å². The lowest BCUT2D eigenvalue weighted by Gasteiger charge is -2.30. The third kappa shape index (κ3) is 4.28. The molecule has 180 valence electrons. The maximum Gasteiger partial charge on any atom is 0.309 e. The number of carbonyl (C=O) groups is 3. The first-order valence-corrected chi connectivity index (χ1v) is 12.4. The molecule has 3 heterocycles. The van der Waals surface area contributed by atoms with E-state index in [0.29, 0.717) is 18.4 Å². The zero-order valence-electron chi connectivity index (χ0n) is 18.9. The van der Waals surface area contributed by atoms with Crippen LogP contribution in [0.2, 0.25) is 0 Å². The van der Waals surface area contributed by atoms with Crippen LogP contribution in [0, 0.1) is 5.92 Å². The fraction of sp³-hybridized carbons (Fsp3) is 0.391. The van der Waals surface area contributed by atoms with Gasteiger partial charge in [-0.3, -0.25) is 24.3 Å². The Kier molecular flexibility index (Phi) is 6.67. The van der Waals surface area contributed by atoms with Crippen molar-refractivity contribution in [3.05, 3.63) is 53.3 Å². The summed E-state index contributed by atoms with van der Waals surface area (Å²) >= 11 is 0. The number of hydrogen-bond donors (Lipinski definition) is 0. The van der Waals surface area contributed by atoms with Gasteiger partial charge in [-0.05, 0) is 49.6 Å². The van der Waals surface area contributed by atoms with Gasteiger partial charge >= 0.3 is 5.97 Å². The van der Waals surface area contributed by atoms with E-state index in [0.717, 1.165) is 4.90 Å². The molecule has 1 fully saturated rings. The van der Waals surface area contributed by atoms with Crippen LogP contribution in [0.15, 0.2) is 41.4 Å². The molecule has 0 radical (unpaired) electrons. The largest absolute Gasteiger partial charge is 0.495 e. The van der Waals surface area contributed by atoms with E-state index >= 15 is 0 Å². The molecule has 0 spiro atoms. The molecule has 0 unspecified atom stereocenters. The third-order valence-electron chi connectivity index (χ3n) is 5.99. The molecule has 2 amide bonds. The molecule has 1 aromatic heterocycles. The summed E-state index contributed by atoms with van der Waals surface area (Å²) in [5.41, 5.74) is 0.756. The average Bonchev–Trinajstić information content (AvgIpc) is 3.09. The van der Waals surface area contributed by atoms with E-state index in [2.05, 4.69) is 4.98 Å². The molecule has 4 rings (SSSR count). The molecular formula is C23H25N3O7S. The van der Waals surface area contributed by atoms with Crippen molar-refractivity contribution in [1.29, 1.82) is 0 Å². The Morgan fingerprint density at radius 2 is 1.88 bits per heavy atom. The van der Waals surface area contributed by atoms with Crippen molar-refractivity contribution in [2.75, 3.05) is 26.8 Å². The highest BCUT2D eigenvalue weighted by atomic mass is 32.2. The van der Waals surface area contributed by atoms with Crippen LogP contribution in [-0.4, -0.2) is 67.2 Å². The minimum atomic E-state index is -3.95. The smallest absolute Gasteiger partial charge is 0.309 e. The van der Waals surface area contributed by atoms with Gasteiger partial charge in [0.05, 0.1) is 31.7 Å². The van der Waals surface area contributed by atoms with Crippen LogP contribution in [0.4, 0.5) is 0 Å². The fourth-order valence-electron chi connectivity index (χ4n) is 4.19. The Morgan fingerprint density at radius 3 is 2.53 bits per heavy atom. The number of aromatic nitrogens is 1. The highest BCUT2D eigenvalue weighted by Crippen LogP contribution is 2.32. The predicted molar refractivity (Wildman–Crippen MR) is 120 cm³/mol. The van der Waals surface area contributed by atoms with Crippen molar-refractivity contribution < 1.29 is 32.3 Å². The van der Waals surface area contributed by atoms with E-state index in [1.165, 1.54) is 35.8 Å². The number of benzene rings is 1. The summed E-state index contributed by atoms with van der Waals surface area (Å²) in [7, 11) is -2.58. The summed E-state index contributed by atoms with van der Waals surface area (Å²) in [5, 5.41) is 0. The quantitative estimate of drug-likeness (QED) is 0.428. The molecule has 1 saturated heterocycles. The topological polar surface area (TPSA) is 123 Å². The minimum Gasteiger partial charge on any atom is -0.495 e. The second kappa shape index (κ2) is 9.51. The first-order valence-electron chi connectivity index (χ1n) is 10.9. The van der Waals surface area contributed by atoms with E-state index in [1.54, 1.807) is 19.1 Å². The Bertz CT molecular complexity index is 1200. The Balaban J connectivity index is 1.56. The van der Waals surface area contributed by atoms with Crippen molar-refractivity contribution in [3.8, 4) is 5.75 Å². The van der Waals surface area contributed by atoms with Gasteiger partial charge in [-0.15, -0.1) is 0 Å². The van der Waals surface area contributed by atoms with Gasteiger partial charge in [0.15, 0.2) is 0 Å². The van der Waals surface area contributed by atoms with Gasteiger partial charge in [-0.25, -0.2) is 8.42 Å². The van der Waals surface area contributed by atoms with Gasteiger partial charge in [-0.1, -0.05) is 6.07 Å². The summed E-state index contributed by atoms with van der Waals surface area (Å²) in [5.74, 6) is -1.49. The number of nitrogens with zero attached hydrogens (tertiary/aromatic N) is 3. The van der Waals surface area contributed by atoms with Crippen LogP contribution in [0.1, 0.15) is 46.2 Å². The number of methoxy groups -OCH3 is 1. The van der Waals surface area contributed by atoms with Crippen LogP contribution in [0.25, 0.3) is 0 Å². The maximum absolute atomic E-state index is 13.4. The normalized spacial score (nSPS) is 17.1. The molecule has 2 aliphatic rings. The first-order chi connectivity index (χ1) is 16.3. The maximum atomic E-state index is 13.4. The number of imide groups is 1. The first kappa shape index (κ1) is 23.8. The third-order valence-corrected chi connectivity index (χ3v) is 7.91. The molecule has 2 aliphatic heterocycles. The minimum absolute atomic E-state index is 0.0585. The Hall–Kier alpha value is -3.31. The van der Waals surface area contributed by atoms with Crippen molar-refractivity contribution in [1.82, 2.24) is 14.2 Å². The van der Waals surface area contributed by atoms with Crippen LogP contribution in [-0.2, 0) is 26.1 Å². The summed E-state index contributed by atoms with van der Waals surface area (Å²) in [6, 6.07) is 7.65. The molecule has 0 bridgehead atoms. The Labute approximate surface area is 197 Å². The van der Waals surface area contributed by atoms with Crippen molar-refractivity contribution in [2.24, 2.45) is 5.92 Å². The number of ether oxygens (including phenoxy) is 2. The molecule has 0 aliphatic carbocycles. The zero-order chi connectivity index (χ0) is 24.5. The predicted octanol–water partition coefficient (Wildman–Crippen LogP) is 1.85. The summed E-state index contributed by atoms with van der Waals surface area (Å²) in [4.78, 5) is 42.3. The number of amides is 2. The second-order valence-electron chi connectivity index (χ2n) is 8.01. The number of fused-ring (bicyclic) bond motifs is 1. The number of sulfonamides is 1. The lowest BCUT2D eigenvalue weighted by atomic mass is 9.98. The molecule has 1 aromatic carbocycles. The lowest BCUT2D eigenvalue weighted by Crippen LogP contribution is -2.40.